The predicted molar refractivity (Wildman–Crippen MR) is 85.8 cm³/mol. The van der Waals surface area contributed by atoms with Gasteiger partial charge in [-0.1, -0.05) is 6.07 Å². The highest BCUT2D eigenvalue weighted by Crippen LogP contribution is 2.35. The fraction of sp³-hybridized carbons (Fsp3) is 0.176. The normalized spacial score (nSPS) is 15.9. The summed E-state index contributed by atoms with van der Waals surface area (Å²) in [5, 5.41) is 1.93. The molecule has 0 spiro atoms. The lowest BCUT2D eigenvalue weighted by atomic mass is 10.1. The van der Waals surface area contributed by atoms with E-state index < -0.39 is 12.1 Å². The van der Waals surface area contributed by atoms with Gasteiger partial charge in [0.25, 0.3) is 0 Å². The number of benzene rings is 1. The summed E-state index contributed by atoms with van der Waals surface area (Å²) in [5.74, 6) is 0.501. The van der Waals surface area contributed by atoms with Crippen LogP contribution in [-0.4, -0.2) is 25.0 Å². The summed E-state index contributed by atoms with van der Waals surface area (Å²) in [4.78, 5) is 24.6. The van der Waals surface area contributed by atoms with E-state index in [2.05, 4.69) is 4.74 Å². The van der Waals surface area contributed by atoms with E-state index in [1.165, 1.54) is 18.4 Å². The Kier molecular flexibility index (Phi) is 4.16. The zero-order valence-corrected chi connectivity index (χ0v) is 13.4. The number of thiophene rings is 1. The van der Waals surface area contributed by atoms with Crippen molar-refractivity contribution in [3.8, 4) is 11.5 Å². The Morgan fingerprint density at radius 3 is 2.87 bits per heavy atom. The fourth-order valence-electron chi connectivity index (χ4n) is 2.16. The van der Waals surface area contributed by atoms with Crippen molar-refractivity contribution in [3.63, 3.8) is 0 Å². The van der Waals surface area contributed by atoms with Crippen LogP contribution in [0.15, 0.2) is 41.5 Å². The van der Waals surface area contributed by atoms with Crippen LogP contribution in [0.25, 0.3) is 6.08 Å². The van der Waals surface area contributed by atoms with Gasteiger partial charge in [0.15, 0.2) is 11.9 Å². The van der Waals surface area contributed by atoms with Crippen molar-refractivity contribution in [2.75, 3.05) is 7.11 Å². The molecule has 6 heteroatoms. The number of esters is 1. The maximum Gasteiger partial charge on any atom is 0.346 e. The summed E-state index contributed by atoms with van der Waals surface area (Å²) < 4.78 is 15.7. The summed E-state index contributed by atoms with van der Waals surface area (Å²) >= 11 is 1.52. The molecule has 1 aliphatic heterocycles. The van der Waals surface area contributed by atoms with Gasteiger partial charge in [-0.05, 0) is 30.5 Å². The Morgan fingerprint density at radius 2 is 2.17 bits per heavy atom. The van der Waals surface area contributed by atoms with Crippen molar-refractivity contribution in [2.24, 2.45) is 0 Å². The second kappa shape index (κ2) is 6.26. The monoisotopic (exact) mass is 330 g/mol. The summed E-state index contributed by atoms with van der Waals surface area (Å²) in [6.45, 7) is 1.59. The Bertz CT molecular complexity index is 776. The van der Waals surface area contributed by atoms with Crippen molar-refractivity contribution in [3.05, 3.63) is 51.9 Å². The first-order chi connectivity index (χ1) is 11.1. The molecular formula is C17H14O5S. The van der Waals surface area contributed by atoms with E-state index in [1.807, 2.05) is 17.5 Å². The van der Waals surface area contributed by atoms with Gasteiger partial charge >= 0.3 is 5.97 Å². The highest BCUT2D eigenvalue weighted by molar-refractivity contribution is 7.10. The van der Waals surface area contributed by atoms with E-state index in [4.69, 9.17) is 9.47 Å². The standard InChI is InChI=1S/C17H14O5S/c1-10(17(19)20-2)21-11-5-6-13-14(8-11)22-15(16(13)18)9-12-4-3-7-23-12/h3-10H,1-2H3/b15-9+/t10-/m1/s1. The van der Waals surface area contributed by atoms with Gasteiger partial charge in [0.05, 0.1) is 12.7 Å². The minimum Gasteiger partial charge on any atom is -0.479 e. The molecule has 2 aromatic rings. The molecule has 118 valence electrons. The van der Waals surface area contributed by atoms with Gasteiger partial charge in [-0.2, -0.15) is 0 Å². The van der Waals surface area contributed by atoms with Crippen LogP contribution in [-0.2, 0) is 9.53 Å². The third kappa shape index (κ3) is 3.12. The molecule has 1 aromatic carbocycles. The lowest BCUT2D eigenvalue weighted by molar-refractivity contribution is -0.147. The smallest absolute Gasteiger partial charge is 0.346 e. The fourth-order valence-corrected chi connectivity index (χ4v) is 2.81. The van der Waals surface area contributed by atoms with Crippen molar-refractivity contribution in [1.82, 2.24) is 0 Å². The molecule has 2 heterocycles. The van der Waals surface area contributed by atoms with Gasteiger partial charge in [-0.15, -0.1) is 11.3 Å². The number of ketones is 1. The Labute approximate surface area is 137 Å². The molecule has 1 atom stereocenters. The molecule has 0 fully saturated rings. The van der Waals surface area contributed by atoms with Gasteiger partial charge in [-0.3, -0.25) is 4.79 Å². The molecule has 1 aromatic heterocycles. The highest BCUT2D eigenvalue weighted by Gasteiger charge is 2.28. The first kappa shape index (κ1) is 15.3. The second-order valence-electron chi connectivity index (χ2n) is 4.90. The molecule has 0 aliphatic carbocycles. The lowest BCUT2D eigenvalue weighted by Crippen LogP contribution is -2.24. The highest BCUT2D eigenvalue weighted by atomic mass is 32.1. The quantitative estimate of drug-likeness (QED) is 0.636. The zero-order valence-electron chi connectivity index (χ0n) is 12.6. The SMILES string of the molecule is COC(=O)[C@@H](C)Oc1ccc2c(c1)O/C(=C/c1cccs1)C2=O. The van der Waals surface area contributed by atoms with E-state index in [9.17, 15) is 9.59 Å². The van der Waals surface area contributed by atoms with E-state index in [1.54, 1.807) is 31.2 Å². The number of allylic oxidation sites excluding steroid dienone is 1. The molecule has 0 saturated heterocycles. The van der Waals surface area contributed by atoms with Gasteiger partial charge in [0, 0.05) is 17.0 Å². The van der Waals surface area contributed by atoms with E-state index >= 15 is 0 Å². The topological polar surface area (TPSA) is 61.8 Å². The Balaban J connectivity index is 1.81. The van der Waals surface area contributed by atoms with Crippen LogP contribution >= 0.6 is 11.3 Å². The average molecular weight is 330 g/mol. The molecule has 0 saturated carbocycles. The summed E-state index contributed by atoms with van der Waals surface area (Å²) in [6.07, 6.45) is 0.973. The van der Waals surface area contributed by atoms with E-state index in [-0.39, 0.29) is 11.5 Å². The van der Waals surface area contributed by atoms with Crippen LogP contribution in [0.4, 0.5) is 0 Å². The van der Waals surface area contributed by atoms with Crippen LogP contribution < -0.4 is 9.47 Å². The predicted octanol–water partition coefficient (Wildman–Crippen LogP) is 3.30. The van der Waals surface area contributed by atoms with Crippen LogP contribution in [0.2, 0.25) is 0 Å². The largest absolute Gasteiger partial charge is 0.479 e. The minimum absolute atomic E-state index is 0.166. The maximum absolute atomic E-state index is 12.3. The third-order valence-corrected chi connectivity index (χ3v) is 4.12. The molecule has 0 radical (unpaired) electrons. The lowest BCUT2D eigenvalue weighted by Gasteiger charge is -2.12. The third-order valence-electron chi connectivity index (χ3n) is 3.30. The van der Waals surface area contributed by atoms with E-state index in [0.29, 0.717) is 17.1 Å². The number of carbonyl (C=O) groups is 2. The summed E-state index contributed by atoms with van der Waals surface area (Å²) in [5.41, 5.74) is 0.478. The Morgan fingerprint density at radius 1 is 1.35 bits per heavy atom. The van der Waals surface area contributed by atoms with Crippen LogP contribution in [0, 0.1) is 0 Å². The average Bonchev–Trinajstić information content (AvgIpc) is 3.15. The minimum atomic E-state index is -0.740. The van der Waals surface area contributed by atoms with Crippen LogP contribution in [0.5, 0.6) is 11.5 Å². The van der Waals surface area contributed by atoms with E-state index in [0.717, 1.165) is 4.88 Å². The molecular weight excluding hydrogens is 316 g/mol. The number of carbonyl (C=O) groups excluding carboxylic acids is 2. The van der Waals surface area contributed by atoms with Crippen molar-refractivity contribution >= 4 is 29.2 Å². The van der Waals surface area contributed by atoms with Gasteiger partial charge in [-0.25, -0.2) is 4.79 Å². The van der Waals surface area contributed by atoms with Crippen molar-refractivity contribution in [1.29, 1.82) is 0 Å². The number of Topliss-reactive ketones (excluding diaryl/α,β-unsaturated/α-hetero) is 1. The summed E-state index contributed by atoms with van der Waals surface area (Å²) in [7, 11) is 1.30. The molecule has 0 unspecified atom stereocenters. The molecule has 23 heavy (non-hydrogen) atoms. The molecule has 0 N–H and O–H groups in total. The second-order valence-corrected chi connectivity index (χ2v) is 5.88. The number of methoxy groups -OCH3 is 1. The molecule has 1 aliphatic rings. The number of fused-ring (bicyclic) bond motifs is 1. The first-order valence-corrected chi connectivity index (χ1v) is 7.82. The van der Waals surface area contributed by atoms with Gasteiger partial charge in [0.2, 0.25) is 5.78 Å². The van der Waals surface area contributed by atoms with Crippen molar-refractivity contribution in [2.45, 2.75) is 13.0 Å². The summed E-state index contributed by atoms with van der Waals surface area (Å²) in [6, 6.07) is 8.68. The zero-order chi connectivity index (χ0) is 16.4. The van der Waals surface area contributed by atoms with Crippen LogP contribution in [0.1, 0.15) is 22.2 Å². The van der Waals surface area contributed by atoms with Crippen LogP contribution in [0.3, 0.4) is 0 Å². The number of ether oxygens (including phenoxy) is 3. The van der Waals surface area contributed by atoms with Crippen molar-refractivity contribution < 1.29 is 23.8 Å². The number of hydrogen-bond acceptors (Lipinski definition) is 6. The molecule has 5 nitrogen and oxygen atoms in total. The maximum atomic E-state index is 12.3. The first-order valence-electron chi connectivity index (χ1n) is 6.95. The van der Waals surface area contributed by atoms with Gasteiger partial charge < -0.3 is 14.2 Å². The molecule has 0 amide bonds. The molecule has 3 rings (SSSR count). The number of hydrogen-bond donors (Lipinski definition) is 0. The Hall–Kier alpha value is -2.60. The van der Waals surface area contributed by atoms with Gasteiger partial charge in [0.1, 0.15) is 11.5 Å². The number of rotatable bonds is 4. The molecule has 0 bridgehead atoms.